The average molecular weight is 253 g/mol. The van der Waals surface area contributed by atoms with Gasteiger partial charge in [0, 0.05) is 19.7 Å². The molecule has 0 spiro atoms. The predicted octanol–water partition coefficient (Wildman–Crippen LogP) is 2.71. The van der Waals surface area contributed by atoms with E-state index < -0.39 is 5.82 Å². The lowest BCUT2D eigenvalue weighted by molar-refractivity contribution is 0.0609. The summed E-state index contributed by atoms with van der Waals surface area (Å²) in [6.45, 7) is 4.87. The lowest BCUT2D eigenvalue weighted by Gasteiger charge is -2.28. The second-order valence-electron chi connectivity index (χ2n) is 4.23. The highest BCUT2D eigenvalue weighted by atomic mass is 19.1. The monoisotopic (exact) mass is 253 g/mol. The van der Waals surface area contributed by atoms with Crippen LogP contribution in [-0.4, -0.2) is 37.1 Å². The molecule has 0 saturated heterocycles. The smallest absolute Gasteiger partial charge is 0.257 e. The van der Waals surface area contributed by atoms with Gasteiger partial charge in [0.25, 0.3) is 5.91 Å². The average Bonchev–Trinajstić information content (AvgIpc) is 2.39. The van der Waals surface area contributed by atoms with E-state index in [1.807, 2.05) is 13.8 Å². The van der Waals surface area contributed by atoms with Gasteiger partial charge in [0.15, 0.2) is 0 Å². The minimum absolute atomic E-state index is 0.0623. The van der Waals surface area contributed by atoms with Crippen molar-refractivity contribution in [1.82, 2.24) is 4.90 Å². The summed E-state index contributed by atoms with van der Waals surface area (Å²) in [5, 5.41) is 0. The van der Waals surface area contributed by atoms with Crippen molar-refractivity contribution in [1.29, 1.82) is 0 Å². The number of methoxy groups -OCH3 is 1. The van der Waals surface area contributed by atoms with Crippen molar-refractivity contribution in [3.05, 3.63) is 35.6 Å². The second kappa shape index (κ2) is 7.11. The first-order valence-electron chi connectivity index (χ1n) is 6.16. The van der Waals surface area contributed by atoms with E-state index >= 15 is 0 Å². The van der Waals surface area contributed by atoms with Crippen molar-refractivity contribution in [2.45, 2.75) is 26.3 Å². The van der Waals surface area contributed by atoms with Crippen molar-refractivity contribution in [3.63, 3.8) is 0 Å². The molecule has 1 unspecified atom stereocenters. The fourth-order valence-electron chi connectivity index (χ4n) is 1.72. The van der Waals surface area contributed by atoms with E-state index in [2.05, 4.69) is 0 Å². The van der Waals surface area contributed by atoms with Crippen LogP contribution < -0.4 is 0 Å². The van der Waals surface area contributed by atoms with Crippen LogP contribution in [0.15, 0.2) is 24.3 Å². The maximum atomic E-state index is 13.6. The summed E-state index contributed by atoms with van der Waals surface area (Å²) in [5.41, 5.74) is 0.119. The Balaban J connectivity index is 2.91. The van der Waals surface area contributed by atoms with Gasteiger partial charge in [-0.05, 0) is 25.5 Å². The van der Waals surface area contributed by atoms with E-state index in [4.69, 9.17) is 4.74 Å². The van der Waals surface area contributed by atoms with E-state index in [9.17, 15) is 9.18 Å². The van der Waals surface area contributed by atoms with Gasteiger partial charge in [-0.2, -0.15) is 0 Å². The van der Waals surface area contributed by atoms with E-state index in [0.29, 0.717) is 13.2 Å². The molecule has 0 aliphatic carbocycles. The van der Waals surface area contributed by atoms with E-state index in [1.54, 1.807) is 24.1 Å². The first-order valence-corrected chi connectivity index (χ1v) is 6.16. The number of benzene rings is 1. The van der Waals surface area contributed by atoms with Crippen LogP contribution in [0.1, 0.15) is 30.6 Å². The summed E-state index contributed by atoms with van der Waals surface area (Å²) in [6, 6.07) is 6.13. The van der Waals surface area contributed by atoms with Gasteiger partial charge in [0.05, 0.1) is 12.2 Å². The van der Waals surface area contributed by atoms with Gasteiger partial charge in [-0.15, -0.1) is 0 Å². The van der Waals surface area contributed by atoms with Crippen molar-refractivity contribution >= 4 is 5.91 Å². The number of carbonyl (C=O) groups excluding carboxylic acids is 1. The van der Waals surface area contributed by atoms with Crippen LogP contribution in [0.4, 0.5) is 4.39 Å². The van der Waals surface area contributed by atoms with Crippen molar-refractivity contribution < 1.29 is 13.9 Å². The Morgan fingerprint density at radius 2 is 2.11 bits per heavy atom. The summed E-state index contributed by atoms with van der Waals surface area (Å²) in [7, 11) is 1.59. The summed E-state index contributed by atoms with van der Waals surface area (Å²) in [4.78, 5) is 14.0. The summed E-state index contributed by atoms with van der Waals surface area (Å²) >= 11 is 0. The predicted molar refractivity (Wildman–Crippen MR) is 69.1 cm³/mol. The molecule has 0 heterocycles. The summed E-state index contributed by atoms with van der Waals surface area (Å²) in [5.74, 6) is -0.757. The molecule has 4 heteroatoms. The van der Waals surface area contributed by atoms with Gasteiger partial charge in [-0.25, -0.2) is 4.39 Å². The minimum Gasteiger partial charge on any atom is -0.383 e. The second-order valence-corrected chi connectivity index (χ2v) is 4.23. The van der Waals surface area contributed by atoms with Gasteiger partial charge in [0.1, 0.15) is 5.82 Å². The van der Waals surface area contributed by atoms with Gasteiger partial charge < -0.3 is 9.64 Å². The number of hydrogen-bond donors (Lipinski definition) is 0. The molecule has 0 radical (unpaired) electrons. The molecule has 0 aliphatic rings. The Kier molecular flexibility index (Phi) is 5.78. The standard InChI is InChI=1S/C14H20FNO2/c1-4-11(2)16(9-10-18-3)14(17)12-7-5-6-8-13(12)15/h5-8,11H,4,9-10H2,1-3H3. The maximum absolute atomic E-state index is 13.6. The quantitative estimate of drug-likeness (QED) is 0.780. The maximum Gasteiger partial charge on any atom is 0.257 e. The van der Waals surface area contributed by atoms with E-state index in [-0.39, 0.29) is 17.5 Å². The summed E-state index contributed by atoms with van der Waals surface area (Å²) in [6.07, 6.45) is 0.823. The molecule has 0 saturated carbocycles. The van der Waals surface area contributed by atoms with Gasteiger partial charge in [-0.3, -0.25) is 4.79 Å². The number of amides is 1. The van der Waals surface area contributed by atoms with Crippen LogP contribution in [-0.2, 0) is 4.74 Å². The van der Waals surface area contributed by atoms with Crippen LogP contribution in [0.25, 0.3) is 0 Å². The van der Waals surface area contributed by atoms with Crippen LogP contribution >= 0.6 is 0 Å². The molecular formula is C14H20FNO2. The topological polar surface area (TPSA) is 29.5 Å². The molecule has 1 rings (SSSR count). The Labute approximate surface area is 108 Å². The Hall–Kier alpha value is -1.42. The Morgan fingerprint density at radius 1 is 1.44 bits per heavy atom. The Morgan fingerprint density at radius 3 is 2.67 bits per heavy atom. The zero-order valence-corrected chi connectivity index (χ0v) is 11.1. The van der Waals surface area contributed by atoms with Crippen LogP contribution in [0.5, 0.6) is 0 Å². The Bertz CT molecular complexity index is 395. The first-order chi connectivity index (χ1) is 8.61. The number of nitrogens with zero attached hydrogens (tertiary/aromatic N) is 1. The van der Waals surface area contributed by atoms with Crippen LogP contribution in [0.2, 0.25) is 0 Å². The molecule has 0 aromatic heterocycles. The molecule has 1 amide bonds. The lowest BCUT2D eigenvalue weighted by Crippen LogP contribution is -2.40. The normalized spacial score (nSPS) is 12.2. The largest absolute Gasteiger partial charge is 0.383 e. The molecule has 3 nitrogen and oxygen atoms in total. The zero-order chi connectivity index (χ0) is 13.5. The molecule has 1 aromatic rings. The fraction of sp³-hybridized carbons (Fsp3) is 0.500. The molecule has 0 fully saturated rings. The van der Waals surface area contributed by atoms with Crippen molar-refractivity contribution in [3.8, 4) is 0 Å². The third-order valence-electron chi connectivity index (χ3n) is 3.02. The van der Waals surface area contributed by atoms with Crippen molar-refractivity contribution in [2.24, 2.45) is 0 Å². The SMILES string of the molecule is CCC(C)N(CCOC)C(=O)c1ccccc1F. The molecule has 0 N–H and O–H groups in total. The molecule has 100 valence electrons. The number of hydrogen-bond acceptors (Lipinski definition) is 2. The highest BCUT2D eigenvalue weighted by Crippen LogP contribution is 2.13. The molecule has 1 aromatic carbocycles. The molecule has 18 heavy (non-hydrogen) atoms. The number of rotatable bonds is 6. The number of carbonyl (C=O) groups is 1. The molecular weight excluding hydrogens is 233 g/mol. The lowest BCUT2D eigenvalue weighted by atomic mass is 10.1. The molecule has 1 atom stereocenters. The first kappa shape index (κ1) is 14.6. The third kappa shape index (κ3) is 3.53. The van der Waals surface area contributed by atoms with Crippen LogP contribution in [0.3, 0.4) is 0 Å². The van der Waals surface area contributed by atoms with E-state index in [1.165, 1.54) is 12.1 Å². The highest BCUT2D eigenvalue weighted by Gasteiger charge is 2.22. The van der Waals surface area contributed by atoms with Gasteiger partial charge >= 0.3 is 0 Å². The minimum atomic E-state index is -0.479. The third-order valence-corrected chi connectivity index (χ3v) is 3.02. The highest BCUT2D eigenvalue weighted by molar-refractivity contribution is 5.94. The number of ether oxygens (including phenoxy) is 1. The zero-order valence-electron chi connectivity index (χ0n) is 11.1. The van der Waals surface area contributed by atoms with Crippen molar-refractivity contribution in [2.75, 3.05) is 20.3 Å². The summed E-state index contributed by atoms with van der Waals surface area (Å²) < 4.78 is 18.6. The van der Waals surface area contributed by atoms with Gasteiger partial charge in [0.2, 0.25) is 0 Å². The van der Waals surface area contributed by atoms with E-state index in [0.717, 1.165) is 6.42 Å². The fourth-order valence-corrected chi connectivity index (χ4v) is 1.72. The van der Waals surface area contributed by atoms with Gasteiger partial charge in [-0.1, -0.05) is 19.1 Å². The molecule has 0 aliphatic heterocycles. The molecule has 0 bridgehead atoms. The van der Waals surface area contributed by atoms with Crippen LogP contribution in [0, 0.1) is 5.82 Å². The number of halogens is 1.